The fourth-order valence-electron chi connectivity index (χ4n) is 2.99. The molecule has 1 saturated heterocycles. The van der Waals surface area contributed by atoms with Crippen LogP contribution in [-0.2, 0) is 11.3 Å². The van der Waals surface area contributed by atoms with Crippen LogP contribution in [0.3, 0.4) is 0 Å². The highest BCUT2D eigenvalue weighted by Crippen LogP contribution is 2.16. The molecule has 1 fully saturated rings. The molecular formula is C19H34IN5O. The van der Waals surface area contributed by atoms with Crippen molar-refractivity contribution in [2.75, 3.05) is 38.2 Å². The Labute approximate surface area is 175 Å². The number of hydrogen-bond donors (Lipinski definition) is 2. The van der Waals surface area contributed by atoms with E-state index in [0.29, 0.717) is 5.92 Å². The van der Waals surface area contributed by atoms with Crippen molar-refractivity contribution in [1.82, 2.24) is 15.6 Å². The first-order valence-electron chi connectivity index (χ1n) is 9.42. The molecule has 1 unspecified atom stereocenters. The number of pyridine rings is 1. The lowest BCUT2D eigenvalue weighted by Crippen LogP contribution is -2.41. The van der Waals surface area contributed by atoms with E-state index in [9.17, 15) is 0 Å². The van der Waals surface area contributed by atoms with E-state index < -0.39 is 0 Å². The highest BCUT2D eigenvalue weighted by atomic mass is 127. The van der Waals surface area contributed by atoms with Crippen LogP contribution >= 0.6 is 24.0 Å². The highest BCUT2D eigenvalue weighted by Gasteiger charge is 2.18. The molecule has 1 aromatic rings. The largest absolute Gasteiger partial charge is 0.375 e. The van der Waals surface area contributed by atoms with E-state index in [4.69, 9.17) is 4.74 Å². The number of nitrogens with one attached hydrogen (secondary N) is 2. The van der Waals surface area contributed by atoms with Crippen molar-refractivity contribution in [3.05, 3.63) is 23.9 Å². The third kappa shape index (κ3) is 7.26. The maximum Gasteiger partial charge on any atom is 0.191 e. The summed E-state index contributed by atoms with van der Waals surface area (Å²) in [6.45, 7) is 10.8. The molecule has 1 aliphatic rings. The Morgan fingerprint density at radius 2 is 2.15 bits per heavy atom. The summed E-state index contributed by atoms with van der Waals surface area (Å²) in [4.78, 5) is 11.1. The fraction of sp³-hybridized carbons (Fsp3) is 0.684. The Morgan fingerprint density at radius 3 is 2.81 bits per heavy atom. The molecule has 0 amide bonds. The van der Waals surface area contributed by atoms with Gasteiger partial charge in [-0.15, -0.1) is 24.0 Å². The minimum atomic E-state index is 0. The van der Waals surface area contributed by atoms with Crippen LogP contribution < -0.4 is 15.5 Å². The molecule has 0 aromatic carbocycles. The molecule has 0 aliphatic carbocycles. The van der Waals surface area contributed by atoms with Gasteiger partial charge in [0.1, 0.15) is 5.82 Å². The van der Waals surface area contributed by atoms with Crippen molar-refractivity contribution < 1.29 is 4.74 Å². The predicted molar refractivity (Wildman–Crippen MR) is 120 cm³/mol. The molecule has 2 heterocycles. The van der Waals surface area contributed by atoms with Crippen LogP contribution in [0.1, 0.15) is 39.2 Å². The normalized spacial score (nSPS) is 17.8. The Bertz CT molecular complexity index is 550. The van der Waals surface area contributed by atoms with Gasteiger partial charge < -0.3 is 20.3 Å². The van der Waals surface area contributed by atoms with Crippen molar-refractivity contribution >= 4 is 35.8 Å². The number of guanidine groups is 1. The number of aromatic nitrogens is 1. The minimum absolute atomic E-state index is 0. The Morgan fingerprint density at radius 1 is 1.38 bits per heavy atom. The van der Waals surface area contributed by atoms with Crippen LogP contribution in [0.25, 0.3) is 0 Å². The number of hydrogen-bond acceptors (Lipinski definition) is 4. The maximum absolute atomic E-state index is 5.61. The van der Waals surface area contributed by atoms with Crippen molar-refractivity contribution in [3.63, 3.8) is 0 Å². The second-order valence-electron chi connectivity index (χ2n) is 6.64. The zero-order valence-corrected chi connectivity index (χ0v) is 18.8. The lowest BCUT2D eigenvalue weighted by atomic mass is 10.0. The number of aliphatic imine (C=N–C) groups is 1. The van der Waals surface area contributed by atoms with Crippen molar-refractivity contribution in [2.45, 2.75) is 46.3 Å². The van der Waals surface area contributed by atoms with E-state index >= 15 is 0 Å². The van der Waals surface area contributed by atoms with Gasteiger partial charge in [0.05, 0.1) is 12.7 Å². The molecule has 2 rings (SSSR count). The minimum Gasteiger partial charge on any atom is -0.375 e. The van der Waals surface area contributed by atoms with Crippen LogP contribution in [0, 0.1) is 5.92 Å². The molecule has 0 radical (unpaired) electrons. The number of morpholine rings is 1. The van der Waals surface area contributed by atoms with Crippen LogP contribution in [-0.4, -0.2) is 50.3 Å². The first-order chi connectivity index (χ1) is 12.2. The van der Waals surface area contributed by atoms with E-state index in [1.54, 1.807) is 0 Å². The van der Waals surface area contributed by atoms with E-state index in [2.05, 4.69) is 58.4 Å². The molecule has 0 bridgehead atoms. The Kier molecular flexibility index (Phi) is 10.9. The molecule has 7 heteroatoms. The lowest BCUT2D eigenvalue weighted by molar-refractivity contribution is 0.0529. The summed E-state index contributed by atoms with van der Waals surface area (Å²) in [5.74, 6) is 2.56. The zero-order valence-electron chi connectivity index (χ0n) is 16.5. The van der Waals surface area contributed by atoms with Gasteiger partial charge in [0.25, 0.3) is 0 Å². The van der Waals surface area contributed by atoms with Gasteiger partial charge in [0.15, 0.2) is 5.96 Å². The highest BCUT2D eigenvalue weighted by molar-refractivity contribution is 14.0. The van der Waals surface area contributed by atoms with Crippen LogP contribution in [0.5, 0.6) is 0 Å². The zero-order chi connectivity index (χ0) is 18.1. The van der Waals surface area contributed by atoms with E-state index in [1.165, 1.54) is 18.4 Å². The third-order valence-electron chi connectivity index (χ3n) is 4.77. The van der Waals surface area contributed by atoms with Gasteiger partial charge in [-0.05, 0) is 30.5 Å². The summed E-state index contributed by atoms with van der Waals surface area (Å²) in [6.07, 6.45) is 4.51. The first-order valence-corrected chi connectivity index (χ1v) is 9.42. The van der Waals surface area contributed by atoms with E-state index in [1.807, 2.05) is 13.2 Å². The number of ether oxygens (including phenoxy) is 1. The summed E-state index contributed by atoms with van der Waals surface area (Å²) in [6, 6.07) is 4.20. The van der Waals surface area contributed by atoms with Crippen molar-refractivity contribution in [1.29, 1.82) is 0 Å². The summed E-state index contributed by atoms with van der Waals surface area (Å²) in [5, 5.41) is 6.82. The van der Waals surface area contributed by atoms with Crippen LogP contribution in [0.2, 0.25) is 0 Å². The molecule has 0 spiro atoms. The Balaban J connectivity index is 0.00000338. The smallest absolute Gasteiger partial charge is 0.191 e. The molecule has 26 heavy (non-hydrogen) atoms. The molecule has 2 N–H and O–H groups in total. The quantitative estimate of drug-likeness (QED) is 0.361. The van der Waals surface area contributed by atoms with Crippen LogP contribution in [0.15, 0.2) is 23.3 Å². The summed E-state index contributed by atoms with van der Waals surface area (Å²) >= 11 is 0. The van der Waals surface area contributed by atoms with Crippen molar-refractivity contribution in [2.24, 2.45) is 10.9 Å². The SMILES string of the molecule is CCC(CC)CNC(=NC)NCc1ccnc(N2CCOC(C)C2)c1.I. The monoisotopic (exact) mass is 475 g/mol. The van der Waals surface area contributed by atoms with Gasteiger partial charge in [-0.1, -0.05) is 26.7 Å². The number of nitrogens with zero attached hydrogens (tertiary/aromatic N) is 3. The number of rotatable bonds is 7. The van der Waals surface area contributed by atoms with Gasteiger partial charge in [-0.2, -0.15) is 0 Å². The van der Waals surface area contributed by atoms with E-state index in [-0.39, 0.29) is 30.1 Å². The summed E-state index contributed by atoms with van der Waals surface area (Å²) in [5.41, 5.74) is 1.20. The van der Waals surface area contributed by atoms with Gasteiger partial charge in [0, 0.05) is 39.4 Å². The van der Waals surface area contributed by atoms with Gasteiger partial charge >= 0.3 is 0 Å². The van der Waals surface area contributed by atoms with Crippen molar-refractivity contribution in [3.8, 4) is 0 Å². The molecule has 6 nitrogen and oxygen atoms in total. The van der Waals surface area contributed by atoms with Crippen LogP contribution in [0.4, 0.5) is 5.82 Å². The third-order valence-corrected chi connectivity index (χ3v) is 4.77. The molecule has 0 saturated carbocycles. The maximum atomic E-state index is 5.61. The second kappa shape index (κ2) is 12.3. The average Bonchev–Trinajstić information content (AvgIpc) is 2.65. The number of anilines is 1. The topological polar surface area (TPSA) is 61.8 Å². The molecule has 148 valence electrons. The fourth-order valence-corrected chi connectivity index (χ4v) is 2.99. The average molecular weight is 475 g/mol. The summed E-state index contributed by atoms with van der Waals surface area (Å²) < 4.78 is 5.61. The second-order valence-corrected chi connectivity index (χ2v) is 6.64. The summed E-state index contributed by atoms with van der Waals surface area (Å²) in [7, 11) is 1.81. The van der Waals surface area contributed by atoms with Gasteiger partial charge in [-0.25, -0.2) is 4.98 Å². The predicted octanol–water partition coefficient (Wildman–Crippen LogP) is 3.03. The molecule has 1 atom stereocenters. The van der Waals surface area contributed by atoms with E-state index in [0.717, 1.165) is 44.6 Å². The molecular weight excluding hydrogens is 441 g/mol. The Hall–Kier alpha value is -1.09. The van der Waals surface area contributed by atoms with Gasteiger partial charge in [-0.3, -0.25) is 4.99 Å². The molecule has 1 aliphatic heterocycles. The first kappa shape index (κ1) is 23.0. The van der Waals surface area contributed by atoms with Gasteiger partial charge in [0.2, 0.25) is 0 Å². The lowest BCUT2D eigenvalue weighted by Gasteiger charge is -2.32. The molecule has 1 aromatic heterocycles. The number of halogens is 1. The standard InChI is InChI=1S/C19H33N5O.HI/c1-5-16(6-2)12-22-19(20-4)23-13-17-7-8-21-18(11-17)24-9-10-25-15(3)14-24;/h7-8,11,15-16H,5-6,9-10,12-14H2,1-4H3,(H2,20,22,23);1H.